The number of carbonyl (C=O) groups is 1. The summed E-state index contributed by atoms with van der Waals surface area (Å²) in [6.07, 6.45) is 1.84. The third kappa shape index (κ3) is 2.32. The van der Waals surface area contributed by atoms with Crippen molar-refractivity contribution < 1.29 is 13.6 Å². The number of nitrogens with one attached hydrogen (secondary N) is 1. The molecule has 1 atom stereocenters. The van der Waals surface area contributed by atoms with Crippen molar-refractivity contribution in [3.05, 3.63) is 35.4 Å². The number of alkyl halides is 1. The third-order valence-electron chi connectivity index (χ3n) is 2.41. The molecule has 0 bridgehead atoms. The maximum atomic E-state index is 13.3. The summed E-state index contributed by atoms with van der Waals surface area (Å²) >= 11 is 5.79. The van der Waals surface area contributed by atoms with Gasteiger partial charge in [-0.3, -0.25) is 4.79 Å². The standard InChI is InChI=1S/C11H10ClF2NO/c12-9(11(16)15-6-4-5-6)7-2-1-3-8(13)10(7)14/h1-3,6,9H,4-5H2,(H,15,16). The number of benzene rings is 1. The van der Waals surface area contributed by atoms with Gasteiger partial charge in [-0.2, -0.15) is 0 Å². The number of hydrogen-bond donors (Lipinski definition) is 1. The molecule has 5 heteroatoms. The van der Waals surface area contributed by atoms with E-state index >= 15 is 0 Å². The maximum absolute atomic E-state index is 13.3. The van der Waals surface area contributed by atoms with Crippen molar-refractivity contribution in [3.63, 3.8) is 0 Å². The summed E-state index contributed by atoms with van der Waals surface area (Å²) in [4.78, 5) is 11.5. The fraction of sp³-hybridized carbons (Fsp3) is 0.364. The van der Waals surface area contributed by atoms with Gasteiger partial charge in [0.15, 0.2) is 11.6 Å². The van der Waals surface area contributed by atoms with Crippen molar-refractivity contribution >= 4 is 17.5 Å². The summed E-state index contributed by atoms with van der Waals surface area (Å²) in [6, 6.07) is 3.77. The van der Waals surface area contributed by atoms with Crippen molar-refractivity contribution in [1.82, 2.24) is 5.32 Å². The van der Waals surface area contributed by atoms with E-state index in [1.165, 1.54) is 12.1 Å². The molecule has 2 nitrogen and oxygen atoms in total. The highest BCUT2D eigenvalue weighted by atomic mass is 35.5. The van der Waals surface area contributed by atoms with Gasteiger partial charge in [0.05, 0.1) is 0 Å². The largest absolute Gasteiger partial charge is 0.352 e. The normalized spacial score (nSPS) is 16.9. The lowest BCUT2D eigenvalue weighted by Crippen LogP contribution is -2.29. The Morgan fingerprint density at radius 2 is 2.12 bits per heavy atom. The lowest BCUT2D eigenvalue weighted by atomic mass is 10.1. The van der Waals surface area contributed by atoms with Crippen LogP contribution in [-0.2, 0) is 4.79 Å². The molecule has 1 amide bonds. The van der Waals surface area contributed by atoms with Crippen molar-refractivity contribution in [2.24, 2.45) is 0 Å². The van der Waals surface area contributed by atoms with Crippen LogP contribution in [0.1, 0.15) is 23.8 Å². The number of halogens is 3. The molecule has 1 aromatic rings. The van der Waals surface area contributed by atoms with E-state index in [0.717, 1.165) is 18.9 Å². The predicted molar refractivity (Wildman–Crippen MR) is 56.1 cm³/mol. The van der Waals surface area contributed by atoms with Gasteiger partial charge < -0.3 is 5.32 Å². The average molecular weight is 246 g/mol. The van der Waals surface area contributed by atoms with Gasteiger partial charge in [-0.15, -0.1) is 11.6 Å². The first-order valence-corrected chi connectivity index (χ1v) is 5.41. The van der Waals surface area contributed by atoms with Crippen molar-refractivity contribution in [2.45, 2.75) is 24.3 Å². The summed E-state index contributed by atoms with van der Waals surface area (Å²) in [5.74, 6) is -2.54. The molecule has 1 N–H and O–H groups in total. The molecule has 1 saturated carbocycles. The van der Waals surface area contributed by atoms with Gasteiger partial charge in [-0.25, -0.2) is 8.78 Å². The van der Waals surface area contributed by atoms with Crippen molar-refractivity contribution in [3.8, 4) is 0 Å². The summed E-state index contributed by atoms with van der Waals surface area (Å²) in [5, 5.41) is 1.45. The average Bonchev–Trinajstić information content (AvgIpc) is 3.05. The first-order chi connectivity index (χ1) is 7.59. The Hall–Kier alpha value is -1.16. The highest BCUT2D eigenvalue weighted by molar-refractivity contribution is 6.30. The van der Waals surface area contributed by atoms with E-state index in [1.807, 2.05) is 0 Å². The van der Waals surface area contributed by atoms with Gasteiger partial charge in [0.1, 0.15) is 5.38 Å². The molecule has 1 aromatic carbocycles. The van der Waals surface area contributed by atoms with Gasteiger partial charge in [0, 0.05) is 11.6 Å². The molecule has 1 fully saturated rings. The summed E-state index contributed by atoms with van der Waals surface area (Å²) < 4.78 is 26.2. The second-order valence-corrected chi connectivity index (χ2v) is 4.22. The fourth-order valence-corrected chi connectivity index (χ4v) is 1.59. The quantitative estimate of drug-likeness (QED) is 0.815. The minimum absolute atomic E-state index is 0.125. The molecule has 0 aromatic heterocycles. The van der Waals surface area contributed by atoms with Crippen LogP contribution in [0.15, 0.2) is 18.2 Å². The molecule has 1 unspecified atom stereocenters. The third-order valence-corrected chi connectivity index (χ3v) is 2.84. The molecule has 0 saturated heterocycles. The van der Waals surface area contributed by atoms with E-state index in [9.17, 15) is 13.6 Å². The van der Waals surface area contributed by atoms with Crippen LogP contribution in [0.5, 0.6) is 0 Å². The van der Waals surface area contributed by atoms with Gasteiger partial charge in [-0.1, -0.05) is 12.1 Å². The molecule has 16 heavy (non-hydrogen) atoms. The van der Waals surface area contributed by atoms with E-state index < -0.39 is 22.9 Å². The Balaban J connectivity index is 2.15. The molecule has 0 heterocycles. The van der Waals surface area contributed by atoms with E-state index in [-0.39, 0.29) is 11.6 Å². The molecular weight excluding hydrogens is 236 g/mol. The van der Waals surface area contributed by atoms with Gasteiger partial charge in [0.2, 0.25) is 5.91 Å². The number of amides is 1. The maximum Gasteiger partial charge on any atom is 0.242 e. The highest BCUT2D eigenvalue weighted by Gasteiger charge is 2.29. The molecule has 0 spiro atoms. The van der Waals surface area contributed by atoms with Crippen LogP contribution < -0.4 is 5.32 Å². The van der Waals surface area contributed by atoms with Crippen molar-refractivity contribution in [1.29, 1.82) is 0 Å². The molecular formula is C11H10ClF2NO. The van der Waals surface area contributed by atoms with Crippen LogP contribution in [0, 0.1) is 11.6 Å². The Morgan fingerprint density at radius 1 is 1.44 bits per heavy atom. The first-order valence-electron chi connectivity index (χ1n) is 4.98. The highest BCUT2D eigenvalue weighted by Crippen LogP contribution is 2.27. The summed E-state index contributed by atoms with van der Waals surface area (Å²) in [5.41, 5.74) is -0.125. The second kappa shape index (κ2) is 4.37. The zero-order valence-corrected chi connectivity index (χ0v) is 9.10. The lowest BCUT2D eigenvalue weighted by Gasteiger charge is -2.11. The Kier molecular flexibility index (Phi) is 3.10. The molecule has 86 valence electrons. The SMILES string of the molecule is O=C(NC1CC1)C(Cl)c1cccc(F)c1F. The molecule has 0 aliphatic heterocycles. The van der Waals surface area contributed by atoms with Crippen LogP contribution in [0.25, 0.3) is 0 Å². The smallest absolute Gasteiger partial charge is 0.242 e. The van der Waals surface area contributed by atoms with Crippen LogP contribution in [0.4, 0.5) is 8.78 Å². The minimum Gasteiger partial charge on any atom is -0.352 e. The van der Waals surface area contributed by atoms with Gasteiger partial charge >= 0.3 is 0 Å². The van der Waals surface area contributed by atoms with E-state index in [1.54, 1.807) is 0 Å². The molecule has 0 radical (unpaired) electrons. The fourth-order valence-electron chi connectivity index (χ4n) is 1.36. The predicted octanol–water partition coefficient (Wildman–Crippen LogP) is 2.52. The Morgan fingerprint density at radius 3 is 2.75 bits per heavy atom. The van der Waals surface area contributed by atoms with Gasteiger partial charge in [0.25, 0.3) is 0 Å². The zero-order chi connectivity index (χ0) is 11.7. The topological polar surface area (TPSA) is 29.1 Å². The van der Waals surface area contributed by atoms with Crippen LogP contribution in [-0.4, -0.2) is 11.9 Å². The van der Waals surface area contributed by atoms with E-state index in [0.29, 0.717) is 0 Å². The van der Waals surface area contributed by atoms with Crippen LogP contribution in [0.2, 0.25) is 0 Å². The second-order valence-electron chi connectivity index (χ2n) is 3.79. The zero-order valence-electron chi connectivity index (χ0n) is 8.34. The number of carbonyl (C=O) groups excluding carboxylic acids is 1. The van der Waals surface area contributed by atoms with Crippen LogP contribution in [0.3, 0.4) is 0 Å². The number of rotatable bonds is 3. The van der Waals surface area contributed by atoms with Gasteiger partial charge in [-0.05, 0) is 18.9 Å². The van der Waals surface area contributed by atoms with Crippen LogP contribution >= 0.6 is 11.6 Å². The summed E-state index contributed by atoms with van der Waals surface area (Å²) in [7, 11) is 0. The molecule has 2 rings (SSSR count). The monoisotopic (exact) mass is 245 g/mol. The number of hydrogen-bond acceptors (Lipinski definition) is 1. The van der Waals surface area contributed by atoms with Crippen molar-refractivity contribution in [2.75, 3.05) is 0 Å². The Bertz CT molecular complexity index is 420. The molecule has 1 aliphatic rings. The first kappa shape index (κ1) is 11.3. The Labute approximate surface area is 96.6 Å². The van der Waals surface area contributed by atoms with E-state index in [2.05, 4.69) is 5.32 Å². The summed E-state index contributed by atoms with van der Waals surface area (Å²) in [6.45, 7) is 0. The minimum atomic E-state index is -1.18. The molecule has 1 aliphatic carbocycles. The lowest BCUT2D eigenvalue weighted by molar-refractivity contribution is -0.121. The van der Waals surface area contributed by atoms with E-state index in [4.69, 9.17) is 11.6 Å².